The Morgan fingerprint density at radius 2 is 2.14 bits per heavy atom. The number of carbonyl (C=O) groups excluding carboxylic acids is 1. The minimum atomic E-state index is -0.172. The predicted molar refractivity (Wildman–Crippen MR) is 53.6 cm³/mol. The Balaban J connectivity index is 3.12. The summed E-state index contributed by atoms with van der Waals surface area (Å²) in [6, 6.07) is 4.82. The van der Waals surface area contributed by atoms with Crippen LogP contribution in [0.4, 0.5) is 0 Å². The molecule has 0 amide bonds. The van der Waals surface area contributed by atoms with Crippen molar-refractivity contribution >= 4 is 5.78 Å². The third-order valence-electron chi connectivity index (χ3n) is 2.24. The molecule has 3 nitrogen and oxygen atoms in total. The number of phenols is 1. The molecule has 0 bridgehead atoms. The maximum absolute atomic E-state index is 11.1. The van der Waals surface area contributed by atoms with Gasteiger partial charge in [0.25, 0.3) is 0 Å². The highest BCUT2D eigenvalue weighted by Crippen LogP contribution is 2.23. The first kappa shape index (κ1) is 10.7. The highest BCUT2D eigenvalue weighted by atomic mass is 16.3. The van der Waals surface area contributed by atoms with Gasteiger partial charge in [0.1, 0.15) is 5.75 Å². The molecular formula is C11H14O3. The van der Waals surface area contributed by atoms with E-state index < -0.39 is 0 Å². The molecule has 0 saturated carbocycles. The molecule has 0 spiro atoms. The first-order chi connectivity index (χ1) is 6.56. The summed E-state index contributed by atoms with van der Waals surface area (Å²) in [4.78, 5) is 11.1. The molecule has 1 unspecified atom stereocenters. The van der Waals surface area contributed by atoms with Gasteiger partial charge in [0.05, 0.1) is 5.56 Å². The van der Waals surface area contributed by atoms with E-state index in [0.29, 0.717) is 5.56 Å². The van der Waals surface area contributed by atoms with Crippen LogP contribution < -0.4 is 0 Å². The van der Waals surface area contributed by atoms with Gasteiger partial charge in [0.2, 0.25) is 0 Å². The first-order valence-corrected chi connectivity index (χ1v) is 4.51. The van der Waals surface area contributed by atoms with Crippen LogP contribution in [0.5, 0.6) is 5.75 Å². The number of aliphatic hydroxyl groups is 1. The fraction of sp³-hybridized carbons (Fsp3) is 0.364. The van der Waals surface area contributed by atoms with Crippen molar-refractivity contribution in [2.45, 2.75) is 19.8 Å². The van der Waals surface area contributed by atoms with Gasteiger partial charge in [-0.05, 0) is 24.6 Å². The lowest BCUT2D eigenvalue weighted by Crippen LogP contribution is -2.01. The lowest BCUT2D eigenvalue weighted by molar-refractivity contribution is 0.101. The molecular weight excluding hydrogens is 180 g/mol. The fourth-order valence-corrected chi connectivity index (χ4v) is 1.25. The van der Waals surface area contributed by atoms with Crippen molar-refractivity contribution in [3.8, 4) is 5.75 Å². The van der Waals surface area contributed by atoms with Crippen molar-refractivity contribution in [1.82, 2.24) is 0 Å². The summed E-state index contributed by atoms with van der Waals surface area (Å²) in [7, 11) is 0. The van der Waals surface area contributed by atoms with Crippen LogP contribution in [0.2, 0.25) is 0 Å². The monoisotopic (exact) mass is 194 g/mol. The summed E-state index contributed by atoms with van der Waals surface area (Å²) in [5.74, 6) is -0.199. The lowest BCUT2D eigenvalue weighted by Gasteiger charge is -2.10. The molecule has 76 valence electrons. The Morgan fingerprint density at radius 3 is 2.64 bits per heavy atom. The maximum Gasteiger partial charge on any atom is 0.163 e. The number of ketones is 1. The Hall–Kier alpha value is -1.35. The average Bonchev–Trinajstić information content (AvgIpc) is 2.17. The Bertz CT molecular complexity index is 344. The molecule has 1 aromatic rings. The summed E-state index contributed by atoms with van der Waals surface area (Å²) in [6.45, 7) is 3.29. The second-order valence-corrected chi connectivity index (χ2v) is 3.42. The minimum absolute atomic E-state index is 0.00797. The van der Waals surface area contributed by atoms with Crippen molar-refractivity contribution in [2.75, 3.05) is 6.61 Å². The quantitative estimate of drug-likeness (QED) is 0.720. The van der Waals surface area contributed by atoms with Crippen LogP contribution in [0.3, 0.4) is 0 Å². The van der Waals surface area contributed by atoms with Gasteiger partial charge in [-0.25, -0.2) is 0 Å². The van der Waals surface area contributed by atoms with E-state index in [0.717, 1.165) is 5.56 Å². The van der Waals surface area contributed by atoms with E-state index in [9.17, 15) is 9.90 Å². The normalized spacial score (nSPS) is 12.5. The highest BCUT2D eigenvalue weighted by Gasteiger charge is 2.10. The topological polar surface area (TPSA) is 57.5 Å². The molecule has 0 radical (unpaired) electrons. The van der Waals surface area contributed by atoms with E-state index in [1.54, 1.807) is 12.1 Å². The molecule has 1 aromatic carbocycles. The zero-order valence-corrected chi connectivity index (χ0v) is 8.32. The van der Waals surface area contributed by atoms with E-state index in [-0.39, 0.29) is 24.1 Å². The highest BCUT2D eigenvalue weighted by molar-refractivity contribution is 5.96. The van der Waals surface area contributed by atoms with Crippen LogP contribution in [0.1, 0.15) is 35.7 Å². The lowest BCUT2D eigenvalue weighted by atomic mass is 9.98. The molecule has 14 heavy (non-hydrogen) atoms. The number of aromatic hydroxyl groups is 1. The number of phenolic OH excluding ortho intramolecular Hbond substituents is 1. The number of benzene rings is 1. The van der Waals surface area contributed by atoms with Crippen LogP contribution in [0, 0.1) is 0 Å². The number of carbonyl (C=O) groups is 1. The van der Waals surface area contributed by atoms with Gasteiger partial charge in [0.15, 0.2) is 5.78 Å². The van der Waals surface area contributed by atoms with E-state index >= 15 is 0 Å². The van der Waals surface area contributed by atoms with Gasteiger partial charge in [0, 0.05) is 12.5 Å². The van der Waals surface area contributed by atoms with E-state index in [1.807, 2.05) is 6.92 Å². The van der Waals surface area contributed by atoms with E-state index in [1.165, 1.54) is 13.0 Å². The number of hydrogen-bond donors (Lipinski definition) is 2. The van der Waals surface area contributed by atoms with Gasteiger partial charge < -0.3 is 10.2 Å². The van der Waals surface area contributed by atoms with Crippen LogP contribution >= 0.6 is 0 Å². The van der Waals surface area contributed by atoms with Crippen molar-refractivity contribution in [2.24, 2.45) is 0 Å². The molecule has 0 aliphatic rings. The standard InChI is InChI=1S/C11H14O3/c1-7(6-12)9-3-4-11(14)10(5-9)8(2)13/h3-5,7,12,14H,6H2,1-2H3. The number of Topliss-reactive ketones (excluding diaryl/α,β-unsaturated/α-hetero) is 1. The van der Waals surface area contributed by atoms with Gasteiger partial charge >= 0.3 is 0 Å². The molecule has 0 saturated heterocycles. The summed E-state index contributed by atoms with van der Waals surface area (Å²) >= 11 is 0. The van der Waals surface area contributed by atoms with E-state index in [2.05, 4.69) is 0 Å². The molecule has 0 aromatic heterocycles. The van der Waals surface area contributed by atoms with Crippen LogP contribution in [0.15, 0.2) is 18.2 Å². The van der Waals surface area contributed by atoms with E-state index in [4.69, 9.17) is 5.11 Å². The third-order valence-corrected chi connectivity index (χ3v) is 2.24. The van der Waals surface area contributed by atoms with Gasteiger partial charge in [-0.3, -0.25) is 4.79 Å². The molecule has 0 heterocycles. The second kappa shape index (κ2) is 4.24. The second-order valence-electron chi connectivity index (χ2n) is 3.42. The van der Waals surface area contributed by atoms with Crippen molar-refractivity contribution in [3.05, 3.63) is 29.3 Å². The first-order valence-electron chi connectivity index (χ1n) is 4.51. The largest absolute Gasteiger partial charge is 0.507 e. The smallest absolute Gasteiger partial charge is 0.163 e. The van der Waals surface area contributed by atoms with Crippen molar-refractivity contribution < 1.29 is 15.0 Å². The summed E-state index contributed by atoms with van der Waals surface area (Å²) in [5.41, 5.74) is 1.17. The summed E-state index contributed by atoms with van der Waals surface area (Å²) in [6.07, 6.45) is 0. The molecule has 1 rings (SSSR count). The minimum Gasteiger partial charge on any atom is -0.507 e. The molecule has 0 aliphatic carbocycles. The van der Waals surface area contributed by atoms with Crippen LogP contribution in [-0.4, -0.2) is 22.6 Å². The molecule has 1 atom stereocenters. The van der Waals surface area contributed by atoms with Crippen LogP contribution in [0.25, 0.3) is 0 Å². The Kier molecular flexibility index (Phi) is 3.25. The van der Waals surface area contributed by atoms with Crippen molar-refractivity contribution in [1.29, 1.82) is 0 Å². The third kappa shape index (κ3) is 2.12. The fourth-order valence-electron chi connectivity index (χ4n) is 1.25. The van der Waals surface area contributed by atoms with Gasteiger partial charge in [-0.2, -0.15) is 0 Å². The average molecular weight is 194 g/mol. The predicted octanol–water partition coefficient (Wildman–Crippen LogP) is 1.69. The SMILES string of the molecule is CC(=O)c1cc(C(C)CO)ccc1O. The maximum atomic E-state index is 11.1. The summed E-state index contributed by atoms with van der Waals surface area (Å²) < 4.78 is 0. The number of rotatable bonds is 3. The Labute approximate surface area is 83.0 Å². The molecule has 2 N–H and O–H groups in total. The molecule has 0 aliphatic heterocycles. The zero-order chi connectivity index (χ0) is 10.7. The van der Waals surface area contributed by atoms with Gasteiger partial charge in [-0.1, -0.05) is 13.0 Å². The summed E-state index contributed by atoms with van der Waals surface area (Å²) in [5, 5.41) is 18.3. The van der Waals surface area contributed by atoms with Crippen LogP contribution in [-0.2, 0) is 0 Å². The number of hydrogen-bond acceptors (Lipinski definition) is 3. The van der Waals surface area contributed by atoms with Gasteiger partial charge in [-0.15, -0.1) is 0 Å². The molecule has 3 heteroatoms. The number of aliphatic hydroxyl groups excluding tert-OH is 1. The molecule has 0 fully saturated rings. The van der Waals surface area contributed by atoms with Crippen molar-refractivity contribution in [3.63, 3.8) is 0 Å². The Morgan fingerprint density at radius 1 is 1.50 bits per heavy atom. The zero-order valence-electron chi connectivity index (χ0n) is 8.32.